The number of rotatable bonds is 2. The summed E-state index contributed by atoms with van der Waals surface area (Å²) in [6.45, 7) is 0.973. The minimum Gasteiger partial charge on any atom is -0.508 e. The molecule has 1 heterocycles. The standard InChI is InChI=1S/C11H15NO2/c13-9-4-1-3-8(7-9)11(14)10-5-2-6-12-10/h1,3-4,7,10-14H,2,5-6H2. The molecule has 14 heavy (non-hydrogen) atoms. The average molecular weight is 193 g/mol. The average Bonchev–Trinajstić information content (AvgIpc) is 2.69. The Morgan fingerprint density at radius 2 is 2.29 bits per heavy atom. The molecular weight excluding hydrogens is 178 g/mol. The Bertz CT molecular complexity index is 308. The van der Waals surface area contributed by atoms with E-state index in [0.717, 1.165) is 24.9 Å². The lowest BCUT2D eigenvalue weighted by atomic mass is 10.0. The minimum absolute atomic E-state index is 0.136. The Kier molecular flexibility index (Phi) is 2.70. The molecule has 2 atom stereocenters. The van der Waals surface area contributed by atoms with Crippen LogP contribution < -0.4 is 5.32 Å². The summed E-state index contributed by atoms with van der Waals surface area (Å²) in [4.78, 5) is 0. The lowest BCUT2D eigenvalue weighted by Crippen LogP contribution is -2.28. The molecule has 1 aliphatic rings. The molecule has 2 rings (SSSR count). The number of aliphatic hydroxyl groups excluding tert-OH is 1. The number of phenolic OH excluding ortho intramolecular Hbond substituents is 1. The van der Waals surface area contributed by atoms with Crippen LogP contribution in [0.15, 0.2) is 24.3 Å². The third kappa shape index (κ3) is 1.89. The smallest absolute Gasteiger partial charge is 0.115 e. The van der Waals surface area contributed by atoms with E-state index < -0.39 is 6.10 Å². The largest absolute Gasteiger partial charge is 0.508 e. The first kappa shape index (κ1) is 9.49. The molecule has 3 nitrogen and oxygen atoms in total. The highest BCUT2D eigenvalue weighted by Gasteiger charge is 2.23. The van der Waals surface area contributed by atoms with Crippen LogP contribution in [0, 0.1) is 0 Å². The van der Waals surface area contributed by atoms with Gasteiger partial charge in [0, 0.05) is 6.04 Å². The highest BCUT2D eigenvalue weighted by atomic mass is 16.3. The molecule has 1 aromatic carbocycles. The van der Waals surface area contributed by atoms with Crippen molar-refractivity contribution in [2.45, 2.75) is 25.0 Å². The number of aliphatic hydroxyl groups is 1. The van der Waals surface area contributed by atoms with Gasteiger partial charge in [0.1, 0.15) is 5.75 Å². The van der Waals surface area contributed by atoms with Crippen molar-refractivity contribution in [3.05, 3.63) is 29.8 Å². The second-order valence-corrected chi connectivity index (χ2v) is 3.74. The third-order valence-corrected chi connectivity index (χ3v) is 2.69. The summed E-state index contributed by atoms with van der Waals surface area (Å²) < 4.78 is 0. The predicted octanol–water partition coefficient (Wildman–Crippen LogP) is 1.18. The number of aromatic hydroxyl groups is 1. The van der Waals surface area contributed by atoms with Crippen LogP contribution in [-0.4, -0.2) is 22.8 Å². The summed E-state index contributed by atoms with van der Waals surface area (Å²) in [6, 6.07) is 6.95. The second kappa shape index (κ2) is 3.98. The van der Waals surface area contributed by atoms with E-state index in [-0.39, 0.29) is 11.8 Å². The molecule has 0 spiro atoms. The van der Waals surface area contributed by atoms with Crippen LogP contribution in [-0.2, 0) is 0 Å². The Morgan fingerprint density at radius 3 is 2.93 bits per heavy atom. The maximum Gasteiger partial charge on any atom is 0.115 e. The molecule has 3 heteroatoms. The van der Waals surface area contributed by atoms with Gasteiger partial charge >= 0.3 is 0 Å². The van der Waals surface area contributed by atoms with Crippen LogP contribution in [0.25, 0.3) is 0 Å². The fourth-order valence-corrected chi connectivity index (χ4v) is 1.92. The van der Waals surface area contributed by atoms with Crippen LogP contribution in [0.2, 0.25) is 0 Å². The summed E-state index contributed by atoms with van der Waals surface area (Å²) in [5.74, 6) is 0.208. The number of benzene rings is 1. The molecule has 1 fully saturated rings. The SMILES string of the molecule is Oc1cccc(C(O)C2CCCN2)c1. The summed E-state index contributed by atoms with van der Waals surface area (Å²) in [6.07, 6.45) is 1.60. The summed E-state index contributed by atoms with van der Waals surface area (Å²) in [5.41, 5.74) is 0.782. The van der Waals surface area contributed by atoms with E-state index in [1.807, 2.05) is 6.07 Å². The first-order valence-electron chi connectivity index (χ1n) is 4.98. The van der Waals surface area contributed by atoms with Crippen molar-refractivity contribution in [3.8, 4) is 5.75 Å². The van der Waals surface area contributed by atoms with Gasteiger partial charge in [-0.1, -0.05) is 12.1 Å². The lowest BCUT2D eigenvalue weighted by Gasteiger charge is -2.18. The normalized spacial score (nSPS) is 23.6. The van der Waals surface area contributed by atoms with Crippen LogP contribution >= 0.6 is 0 Å². The van der Waals surface area contributed by atoms with Crippen molar-refractivity contribution < 1.29 is 10.2 Å². The third-order valence-electron chi connectivity index (χ3n) is 2.69. The Hall–Kier alpha value is -1.06. The van der Waals surface area contributed by atoms with Gasteiger partial charge in [0.2, 0.25) is 0 Å². The molecule has 0 aliphatic carbocycles. The van der Waals surface area contributed by atoms with Crippen molar-refractivity contribution >= 4 is 0 Å². The van der Waals surface area contributed by atoms with Crippen LogP contribution in [0.4, 0.5) is 0 Å². The Labute approximate surface area is 83.4 Å². The molecule has 0 bridgehead atoms. The van der Waals surface area contributed by atoms with Crippen molar-refractivity contribution in [1.82, 2.24) is 5.32 Å². The highest BCUT2D eigenvalue weighted by molar-refractivity contribution is 5.29. The van der Waals surface area contributed by atoms with Gasteiger partial charge < -0.3 is 15.5 Å². The van der Waals surface area contributed by atoms with Gasteiger partial charge in [-0.25, -0.2) is 0 Å². The van der Waals surface area contributed by atoms with E-state index in [0.29, 0.717) is 0 Å². The van der Waals surface area contributed by atoms with E-state index >= 15 is 0 Å². The monoisotopic (exact) mass is 193 g/mol. The van der Waals surface area contributed by atoms with Crippen LogP contribution in [0.3, 0.4) is 0 Å². The van der Waals surface area contributed by atoms with E-state index in [4.69, 9.17) is 0 Å². The van der Waals surface area contributed by atoms with Gasteiger partial charge in [0.25, 0.3) is 0 Å². The Morgan fingerprint density at radius 1 is 1.43 bits per heavy atom. The van der Waals surface area contributed by atoms with Gasteiger partial charge in [-0.2, -0.15) is 0 Å². The quantitative estimate of drug-likeness (QED) is 0.661. The van der Waals surface area contributed by atoms with Crippen molar-refractivity contribution in [3.63, 3.8) is 0 Å². The van der Waals surface area contributed by atoms with Gasteiger partial charge in [0.15, 0.2) is 0 Å². The summed E-state index contributed by atoms with van der Waals surface area (Å²) in [7, 11) is 0. The molecule has 0 aromatic heterocycles. The van der Waals surface area contributed by atoms with Crippen molar-refractivity contribution in [2.24, 2.45) is 0 Å². The van der Waals surface area contributed by atoms with E-state index in [2.05, 4.69) is 5.32 Å². The molecule has 0 saturated carbocycles. The van der Waals surface area contributed by atoms with Crippen molar-refractivity contribution in [1.29, 1.82) is 0 Å². The molecule has 0 radical (unpaired) electrons. The fraction of sp³-hybridized carbons (Fsp3) is 0.455. The maximum atomic E-state index is 9.97. The summed E-state index contributed by atoms with van der Waals surface area (Å²) >= 11 is 0. The van der Waals surface area contributed by atoms with Crippen LogP contribution in [0.5, 0.6) is 5.75 Å². The fourth-order valence-electron chi connectivity index (χ4n) is 1.92. The first-order chi connectivity index (χ1) is 6.77. The summed E-state index contributed by atoms with van der Waals surface area (Å²) in [5, 5.41) is 22.5. The van der Waals surface area contributed by atoms with E-state index in [1.165, 1.54) is 0 Å². The molecule has 3 N–H and O–H groups in total. The lowest BCUT2D eigenvalue weighted by molar-refractivity contribution is 0.137. The number of hydrogen-bond donors (Lipinski definition) is 3. The highest BCUT2D eigenvalue weighted by Crippen LogP contribution is 2.24. The maximum absolute atomic E-state index is 9.97. The zero-order chi connectivity index (χ0) is 9.97. The van der Waals surface area contributed by atoms with Gasteiger partial charge in [0.05, 0.1) is 6.10 Å². The number of phenols is 1. The predicted molar refractivity (Wildman–Crippen MR) is 54.1 cm³/mol. The molecule has 1 aromatic rings. The second-order valence-electron chi connectivity index (χ2n) is 3.74. The topological polar surface area (TPSA) is 52.5 Å². The zero-order valence-electron chi connectivity index (χ0n) is 7.98. The van der Waals surface area contributed by atoms with Gasteiger partial charge in [-0.15, -0.1) is 0 Å². The zero-order valence-corrected chi connectivity index (χ0v) is 7.98. The molecule has 0 amide bonds. The molecule has 1 saturated heterocycles. The van der Waals surface area contributed by atoms with Gasteiger partial charge in [-0.3, -0.25) is 0 Å². The molecule has 76 valence electrons. The number of hydrogen-bond acceptors (Lipinski definition) is 3. The molecular formula is C11H15NO2. The van der Waals surface area contributed by atoms with Crippen LogP contribution in [0.1, 0.15) is 24.5 Å². The molecule has 1 aliphatic heterocycles. The first-order valence-corrected chi connectivity index (χ1v) is 4.98. The van der Waals surface area contributed by atoms with Crippen molar-refractivity contribution in [2.75, 3.05) is 6.54 Å². The van der Waals surface area contributed by atoms with Gasteiger partial charge in [-0.05, 0) is 37.1 Å². The minimum atomic E-state index is -0.510. The van der Waals surface area contributed by atoms with E-state index in [1.54, 1.807) is 18.2 Å². The molecule has 2 unspecified atom stereocenters. The van der Waals surface area contributed by atoms with E-state index in [9.17, 15) is 10.2 Å². The number of nitrogens with one attached hydrogen (secondary N) is 1. The Balaban J connectivity index is 2.13.